The summed E-state index contributed by atoms with van der Waals surface area (Å²) in [6.07, 6.45) is -11.1. The third-order valence-corrected chi connectivity index (χ3v) is 9.19. The lowest BCUT2D eigenvalue weighted by atomic mass is 10.00. The Labute approximate surface area is 280 Å². The number of alkyl halides is 6. The predicted octanol–water partition coefficient (Wildman–Crippen LogP) is 5.96. The summed E-state index contributed by atoms with van der Waals surface area (Å²) in [5, 5.41) is 16.6. The van der Waals surface area contributed by atoms with Gasteiger partial charge >= 0.3 is 12.4 Å². The predicted molar refractivity (Wildman–Crippen MR) is 171 cm³/mol. The molecule has 1 fully saturated rings. The van der Waals surface area contributed by atoms with Gasteiger partial charge < -0.3 is 20.5 Å². The summed E-state index contributed by atoms with van der Waals surface area (Å²) in [5.41, 5.74) is -2.18. The molecule has 3 aromatic rings. The summed E-state index contributed by atoms with van der Waals surface area (Å²) in [6.45, 7) is 3.02. The first-order valence-corrected chi connectivity index (χ1v) is 16.4. The number of hydrogen-bond donors (Lipinski definition) is 3. The number of ether oxygens (including phenoxy) is 1. The Morgan fingerprint density at radius 3 is 2.10 bits per heavy atom. The Balaban J connectivity index is 0.00000625. The number of nitrogens with zero attached hydrogens (tertiary/aromatic N) is 1. The lowest BCUT2D eigenvalue weighted by Crippen LogP contribution is -2.48. The van der Waals surface area contributed by atoms with E-state index >= 15 is 0 Å². The molecule has 0 aromatic heterocycles. The molecule has 16 heteroatoms. The molecule has 1 aliphatic heterocycles. The Hall–Kier alpha value is -3.53. The number of aliphatic hydroxyl groups excluding tert-OH is 1. The van der Waals surface area contributed by atoms with Gasteiger partial charge in [-0.1, -0.05) is 30.3 Å². The van der Waals surface area contributed by atoms with Crippen LogP contribution in [0.1, 0.15) is 52.9 Å². The highest BCUT2D eigenvalue weighted by molar-refractivity contribution is 7.93. The number of halogens is 7. The molecule has 0 aliphatic carbocycles. The van der Waals surface area contributed by atoms with Crippen LogP contribution in [0.25, 0.3) is 0 Å². The zero-order chi connectivity index (χ0) is 34.6. The lowest BCUT2D eigenvalue weighted by Gasteiger charge is -2.26. The van der Waals surface area contributed by atoms with Gasteiger partial charge in [-0.25, -0.2) is 8.42 Å². The van der Waals surface area contributed by atoms with Crippen LogP contribution in [0, 0.1) is 0 Å². The normalized spacial score (nSPS) is 15.9. The Morgan fingerprint density at radius 1 is 0.938 bits per heavy atom. The summed E-state index contributed by atoms with van der Waals surface area (Å²) in [4.78, 5) is 13.6. The molecule has 3 aromatic carbocycles. The summed E-state index contributed by atoms with van der Waals surface area (Å²) >= 11 is 0. The summed E-state index contributed by atoms with van der Waals surface area (Å²) in [6, 6.07) is 13.4. The van der Waals surface area contributed by atoms with Gasteiger partial charge in [-0.05, 0) is 68.1 Å². The molecular weight excluding hydrogens is 688 g/mol. The van der Waals surface area contributed by atoms with E-state index in [2.05, 4.69) is 10.6 Å². The minimum absolute atomic E-state index is 0. The van der Waals surface area contributed by atoms with E-state index in [1.165, 1.54) is 22.5 Å². The van der Waals surface area contributed by atoms with Crippen LogP contribution in [0.3, 0.4) is 0 Å². The number of hydrogen-bond acceptors (Lipinski definition) is 6. The van der Waals surface area contributed by atoms with Crippen LogP contribution in [-0.2, 0) is 35.3 Å². The fourth-order valence-electron chi connectivity index (χ4n) is 5.16. The molecule has 1 aliphatic rings. The highest BCUT2D eigenvalue weighted by atomic mass is 35.5. The highest BCUT2D eigenvalue weighted by Gasteiger charge is 2.37. The number of benzene rings is 3. The minimum Gasteiger partial charge on any atom is -0.491 e. The topological polar surface area (TPSA) is 108 Å². The lowest BCUT2D eigenvalue weighted by molar-refractivity contribution is -0.143. The fourth-order valence-corrected chi connectivity index (χ4v) is 6.71. The van der Waals surface area contributed by atoms with Crippen molar-refractivity contribution >= 4 is 34.0 Å². The minimum atomic E-state index is -5.00. The molecule has 264 valence electrons. The molecular formula is C32H36ClF6N3O5S. The molecule has 0 unspecified atom stereocenters. The van der Waals surface area contributed by atoms with Gasteiger partial charge in [-0.15, -0.1) is 12.4 Å². The quantitative estimate of drug-likeness (QED) is 0.199. The standard InChI is InChI=1S/C32H35F6N3O5S.ClH/c1-20(2)46-27-15-23(14-26(17-27)41-9-6-10-47(41,44)45)30(43)40-28(13-21-7-4-3-5-8-21)29(42)19-39-18-22-11-24(31(33,34)35)16-25(12-22)32(36,37)38;/h3-5,7-8,11-12,14-17,20,28-29,39,42H,6,9-10,13,18-19H2,1-2H3,(H,40,43);1H/t28-,29+;/m0./s1. The molecule has 1 amide bonds. The molecule has 0 spiro atoms. The number of nitrogens with one attached hydrogen (secondary N) is 2. The number of amides is 1. The van der Waals surface area contributed by atoms with Crippen LogP contribution in [0.5, 0.6) is 5.75 Å². The molecule has 0 bridgehead atoms. The molecule has 4 rings (SSSR count). The maximum Gasteiger partial charge on any atom is 0.416 e. The number of aliphatic hydroxyl groups is 1. The summed E-state index contributed by atoms with van der Waals surface area (Å²) in [5.74, 6) is -0.448. The van der Waals surface area contributed by atoms with E-state index in [4.69, 9.17) is 4.74 Å². The first-order valence-electron chi connectivity index (χ1n) is 14.8. The number of sulfonamides is 1. The van der Waals surface area contributed by atoms with Crippen LogP contribution < -0.4 is 19.7 Å². The third kappa shape index (κ3) is 10.5. The van der Waals surface area contributed by atoms with E-state index in [1.807, 2.05) is 0 Å². The third-order valence-electron chi connectivity index (χ3n) is 7.32. The first-order chi connectivity index (χ1) is 21.9. The monoisotopic (exact) mass is 723 g/mol. The summed E-state index contributed by atoms with van der Waals surface area (Å²) in [7, 11) is -3.59. The molecule has 48 heavy (non-hydrogen) atoms. The first kappa shape index (κ1) is 38.9. The summed E-state index contributed by atoms with van der Waals surface area (Å²) < 4.78 is 112. The molecule has 0 saturated carbocycles. The number of carbonyl (C=O) groups is 1. The van der Waals surface area contributed by atoms with Crippen LogP contribution in [0.4, 0.5) is 32.0 Å². The van der Waals surface area contributed by atoms with Crippen molar-refractivity contribution in [1.29, 1.82) is 0 Å². The molecule has 8 nitrogen and oxygen atoms in total. The molecule has 1 saturated heterocycles. The van der Waals surface area contributed by atoms with Crippen LogP contribution in [-0.4, -0.2) is 56.5 Å². The second-order valence-corrected chi connectivity index (χ2v) is 13.5. The van der Waals surface area contributed by atoms with Gasteiger partial charge in [0.1, 0.15) is 5.75 Å². The van der Waals surface area contributed by atoms with Gasteiger partial charge in [0.25, 0.3) is 5.91 Å². The molecule has 1 heterocycles. The van der Waals surface area contributed by atoms with Crippen LogP contribution in [0.2, 0.25) is 0 Å². The number of rotatable bonds is 12. The van der Waals surface area contributed by atoms with E-state index in [-0.39, 0.29) is 72.4 Å². The second-order valence-electron chi connectivity index (χ2n) is 11.5. The van der Waals surface area contributed by atoms with Crippen molar-refractivity contribution in [2.45, 2.75) is 63.8 Å². The Morgan fingerprint density at radius 2 is 1.56 bits per heavy atom. The average molecular weight is 724 g/mol. The van der Waals surface area contributed by atoms with Crippen molar-refractivity contribution in [2.24, 2.45) is 0 Å². The van der Waals surface area contributed by atoms with Gasteiger partial charge in [0.05, 0.1) is 40.8 Å². The maximum absolute atomic E-state index is 13.6. The van der Waals surface area contributed by atoms with Crippen molar-refractivity contribution in [3.05, 3.63) is 94.5 Å². The van der Waals surface area contributed by atoms with E-state index in [0.29, 0.717) is 18.6 Å². The zero-order valence-electron chi connectivity index (χ0n) is 25.9. The second kappa shape index (κ2) is 15.8. The van der Waals surface area contributed by atoms with Crippen LogP contribution in [0.15, 0.2) is 66.7 Å². The largest absolute Gasteiger partial charge is 0.491 e. The zero-order valence-corrected chi connectivity index (χ0v) is 27.6. The fraction of sp³-hybridized carbons (Fsp3) is 0.406. The smallest absolute Gasteiger partial charge is 0.416 e. The molecule has 2 atom stereocenters. The molecule has 3 N–H and O–H groups in total. The number of anilines is 1. The van der Waals surface area contributed by atoms with E-state index < -0.39 is 58.1 Å². The Bertz CT molecular complexity index is 1620. The Kier molecular flexibility index (Phi) is 12.8. The highest BCUT2D eigenvalue weighted by Crippen LogP contribution is 2.36. The van der Waals surface area contributed by atoms with Gasteiger partial charge in [0.2, 0.25) is 10.0 Å². The van der Waals surface area contributed by atoms with Crippen molar-refractivity contribution < 1.29 is 49.4 Å². The number of carbonyl (C=O) groups excluding carboxylic acids is 1. The van der Waals surface area contributed by atoms with Crippen LogP contribution >= 0.6 is 12.4 Å². The molecule has 0 radical (unpaired) electrons. The van der Waals surface area contributed by atoms with E-state index in [9.17, 15) is 44.7 Å². The van der Waals surface area contributed by atoms with Crippen molar-refractivity contribution in [3.63, 3.8) is 0 Å². The van der Waals surface area contributed by atoms with E-state index in [1.54, 1.807) is 44.2 Å². The SMILES string of the molecule is CC(C)Oc1cc(C(=O)N[C@@H](Cc2ccccc2)[C@H](O)CNCc2cc(C(F)(F)F)cc(C(F)(F)F)c2)cc(N2CCCS2(=O)=O)c1.Cl. The average Bonchev–Trinajstić information content (AvgIpc) is 3.34. The van der Waals surface area contributed by atoms with E-state index in [0.717, 1.165) is 5.56 Å². The van der Waals surface area contributed by atoms with Gasteiger partial charge in [0, 0.05) is 31.3 Å². The van der Waals surface area contributed by atoms with Gasteiger partial charge in [0.15, 0.2) is 0 Å². The maximum atomic E-state index is 13.6. The van der Waals surface area contributed by atoms with Gasteiger partial charge in [-0.2, -0.15) is 26.3 Å². The van der Waals surface area contributed by atoms with Crippen molar-refractivity contribution in [2.75, 3.05) is 23.1 Å². The van der Waals surface area contributed by atoms with Crippen molar-refractivity contribution in [1.82, 2.24) is 10.6 Å². The van der Waals surface area contributed by atoms with Gasteiger partial charge in [-0.3, -0.25) is 9.10 Å². The van der Waals surface area contributed by atoms with Crippen molar-refractivity contribution in [3.8, 4) is 5.75 Å².